The fraction of sp³-hybridized carbons (Fsp3) is 0.556. The van der Waals surface area contributed by atoms with Crippen LogP contribution < -0.4 is 0 Å². The predicted molar refractivity (Wildman–Crippen MR) is 92.1 cm³/mol. The quantitative estimate of drug-likeness (QED) is 0.823. The minimum Gasteiger partial charge on any atom is -0.366 e. The summed E-state index contributed by atoms with van der Waals surface area (Å²) in [6.45, 7) is 5.45. The number of amides is 2. The summed E-state index contributed by atoms with van der Waals surface area (Å²) in [5, 5.41) is 0.559. The SMILES string of the molecule is CC(C)N1C(=O)CO[C@H]2CCN(C(=O)c3cccc(Cl)c3)CC[C@@H]21. The molecule has 0 aromatic heterocycles. The van der Waals surface area contributed by atoms with Gasteiger partial charge in [0.1, 0.15) is 6.61 Å². The summed E-state index contributed by atoms with van der Waals surface area (Å²) < 4.78 is 5.76. The van der Waals surface area contributed by atoms with Crippen LogP contribution in [0.15, 0.2) is 24.3 Å². The number of carbonyl (C=O) groups excluding carboxylic acids is 2. The van der Waals surface area contributed by atoms with Crippen LogP contribution in [0, 0.1) is 0 Å². The fourth-order valence-electron chi connectivity index (χ4n) is 3.69. The van der Waals surface area contributed by atoms with E-state index in [2.05, 4.69) is 0 Å². The molecule has 2 atom stereocenters. The van der Waals surface area contributed by atoms with Crippen molar-refractivity contribution in [1.82, 2.24) is 9.80 Å². The van der Waals surface area contributed by atoms with Gasteiger partial charge >= 0.3 is 0 Å². The highest BCUT2D eigenvalue weighted by Crippen LogP contribution is 2.27. The molecule has 2 heterocycles. The summed E-state index contributed by atoms with van der Waals surface area (Å²) in [7, 11) is 0. The second kappa shape index (κ2) is 7.11. The lowest BCUT2D eigenvalue weighted by atomic mass is 10.0. The van der Waals surface area contributed by atoms with Crippen molar-refractivity contribution in [3.05, 3.63) is 34.9 Å². The highest BCUT2D eigenvalue weighted by Gasteiger charge is 2.40. The Bertz CT molecular complexity index is 634. The van der Waals surface area contributed by atoms with Gasteiger partial charge < -0.3 is 14.5 Å². The first-order valence-corrected chi connectivity index (χ1v) is 8.83. The van der Waals surface area contributed by atoms with Crippen molar-refractivity contribution in [3.63, 3.8) is 0 Å². The fourth-order valence-corrected chi connectivity index (χ4v) is 3.88. The van der Waals surface area contributed by atoms with Gasteiger partial charge in [-0.15, -0.1) is 0 Å². The molecular weight excluding hydrogens is 328 g/mol. The molecule has 2 fully saturated rings. The van der Waals surface area contributed by atoms with Gasteiger partial charge in [0.2, 0.25) is 5.91 Å². The first-order chi connectivity index (χ1) is 11.5. The number of halogens is 1. The Morgan fingerprint density at radius 2 is 2.04 bits per heavy atom. The Morgan fingerprint density at radius 1 is 1.29 bits per heavy atom. The average molecular weight is 351 g/mol. The number of hydrogen-bond donors (Lipinski definition) is 0. The molecule has 2 amide bonds. The Labute approximate surface area is 147 Å². The lowest BCUT2D eigenvalue weighted by Gasteiger charge is -2.42. The molecule has 0 spiro atoms. The summed E-state index contributed by atoms with van der Waals surface area (Å²) in [6, 6.07) is 7.21. The molecule has 3 rings (SSSR count). The van der Waals surface area contributed by atoms with E-state index in [0.717, 1.165) is 12.8 Å². The number of rotatable bonds is 2. The van der Waals surface area contributed by atoms with Crippen molar-refractivity contribution >= 4 is 23.4 Å². The van der Waals surface area contributed by atoms with Gasteiger partial charge in [0, 0.05) is 29.7 Å². The van der Waals surface area contributed by atoms with Crippen molar-refractivity contribution in [3.8, 4) is 0 Å². The van der Waals surface area contributed by atoms with E-state index in [1.807, 2.05) is 23.6 Å². The van der Waals surface area contributed by atoms with E-state index in [4.69, 9.17) is 16.3 Å². The van der Waals surface area contributed by atoms with E-state index in [1.54, 1.807) is 24.3 Å². The molecular formula is C18H23ClN2O3. The molecule has 130 valence electrons. The first-order valence-electron chi connectivity index (χ1n) is 8.45. The maximum atomic E-state index is 12.7. The zero-order valence-electron chi connectivity index (χ0n) is 14.1. The molecule has 2 aliphatic rings. The second-order valence-corrected chi connectivity index (χ2v) is 7.13. The molecule has 0 radical (unpaired) electrons. The van der Waals surface area contributed by atoms with Gasteiger partial charge in [0.15, 0.2) is 0 Å². The van der Waals surface area contributed by atoms with Crippen LogP contribution in [0.25, 0.3) is 0 Å². The molecule has 2 aliphatic heterocycles. The van der Waals surface area contributed by atoms with Crippen LogP contribution in [-0.4, -0.2) is 59.5 Å². The molecule has 0 aliphatic carbocycles. The van der Waals surface area contributed by atoms with E-state index in [-0.39, 0.29) is 36.6 Å². The second-order valence-electron chi connectivity index (χ2n) is 6.69. The van der Waals surface area contributed by atoms with Gasteiger partial charge in [-0.2, -0.15) is 0 Å². The zero-order chi connectivity index (χ0) is 17.3. The summed E-state index contributed by atoms with van der Waals surface area (Å²) in [5.41, 5.74) is 0.602. The van der Waals surface area contributed by atoms with Crippen molar-refractivity contribution < 1.29 is 14.3 Å². The van der Waals surface area contributed by atoms with Crippen LogP contribution in [0.5, 0.6) is 0 Å². The number of likely N-dealkylation sites (tertiary alicyclic amines) is 1. The summed E-state index contributed by atoms with van der Waals surface area (Å²) in [4.78, 5) is 28.7. The Balaban J connectivity index is 1.75. The molecule has 6 heteroatoms. The smallest absolute Gasteiger partial charge is 0.253 e. The molecule has 2 saturated heterocycles. The van der Waals surface area contributed by atoms with Gasteiger partial charge in [-0.25, -0.2) is 0 Å². The Morgan fingerprint density at radius 3 is 2.75 bits per heavy atom. The van der Waals surface area contributed by atoms with Crippen LogP contribution in [0.1, 0.15) is 37.0 Å². The number of benzene rings is 1. The first kappa shape index (κ1) is 17.2. The summed E-state index contributed by atoms with van der Waals surface area (Å²) in [6.07, 6.45) is 1.48. The third-order valence-electron chi connectivity index (χ3n) is 4.79. The van der Waals surface area contributed by atoms with E-state index >= 15 is 0 Å². The Hall–Kier alpha value is -1.59. The van der Waals surface area contributed by atoms with Gasteiger partial charge in [0.25, 0.3) is 5.91 Å². The van der Waals surface area contributed by atoms with Crippen LogP contribution in [0.3, 0.4) is 0 Å². The molecule has 0 bridgehead atoms. The molecule has 0 saturated carbocycles. The highest BCUT2D eigenvalue weighted by atomic mass is 35.5. The number of nitrogens with zero attached hydrogens (tertiary/aromatic N) is 2. The standard InChI is InChI=1S/C18H23ClN2O3/c1-12(2)21-15-6-8-20(9-7-16(15)24-11-17(21)22)18(23)13-4-3-5-14(19)10-13/h3-5,10,12,15-16H,6-9,11H2,1-2H3/t15-,16-/m0/s1. The molecule has 0 unspecified atom stereocenters. The van der Waals surface area contributed by atoms with E-state index in [9.17, 15) is 9.59 Å². The number of ether oxygens (including phenoxy) is 1. The van der Waals surface area contributed by atoms with Gasteiger partial charge in [-0.05, 0) is 44.9 Å². The van der Waals surface area contributed by atoms with E-state index in [1.165, 1.54) is 0 Å². The van der Waals surface area contributed by atoms with Crippen LogP contribution in [-0.2, 0) is 9.53 Å². The zero-order valence-corrected chi connectivity index (χ0v) is 14.8. The van der Waals surface area contributed by atoms with Crippen molar-refractivity contribution in [2.24, 2.45) is 0 Å². The maximum Gasteiger partial charge on any atom is 0.253 e. The number of morpholine rings is 1. The Kier molecular flexibility index (Phi) is 5.11. The number of hydrogen-bond acceptors (Lipinski definition) is 3. The number of carbonyl (C=O) groups is 2. The lowest BCUT2D eigenvalue weighted by Crippen LogP contribution is -2.56. The van der Waals surface area contributed by atoms with Crippen molar-refractivity contribution in [2.45, 2.75) is 44.9 Å². The average Bonchev–Trinajstić information content (AvgIpc) is 2.76. The van der Waals surface area contributed by atoms with Crippen molar-refractivity contribution in [1.29, 1.82) is 0 Å². The minimum absolute atomic E-state index is 0.00209. The monoisotopic (exact) mass is 350 g/mol. The topological polar surface area (TPSA) is 49.9 Å². The third kappa shape index (κ3) is 3.42. The molecule has 5 nitrogen and oxygen atoms in total. The largest absolute Gasteiger partial charge is 0.366 e. The summed E-state index contributed by atoms with van der Waals surface area (Å²) >= 11 is 5.99. The third-order valence-corrected chi connectivity index (χ3v) is 5.02. The molecule has 1 aromatic carbocycles. The molecule has 1 aromatic rings. The maximum absolute atomic E-state index is 12.7. The number of fused-ring (bicyclic) bond motifs is 1. The van der Waals surface area contributed by atoms with E-state index in [0.29, 0.717) is 23.7 Å². The van der Waals surface area contributed by atoms with Crippen molar-refractivity contribution in [2.75, 3.05) is 19.7 Å². The molecule has 0 N–H and O–H groups in total. The minimum atomic E-state index is -0.0152. The lowest BCUT2D eigenvalue weighted by molar-refractivity contribution is -0.160. The van der Waals surface area contributed by atoms with Crippen LogP contribution in [0.2, 0.25) is 5.02 Å². The van der Waals surface area contributed by atoms with Gasteiger partial charge in [-0.3, -0.25) is 9.59 Å². The normalized spacial score (nSPS) is 24.8. The predicted octanol–water partition coefficient (Wildman–Crippen LogP) is 2.58. The van der Waals surface area contributed by atoms with Crippen LogP contribution in [0.4, 0.5) is 0 Å². The van der Waals surface area contributed by atoms with Crippen LogP contribution >= 0.6 is 11.6 Å². The van der Waals surface area contributed by atoms with Gasteiger partial charge in [-0.1, -0.05) is 17.7 Å². The summed E-state index contributed by atoms with van der Waals surface area (Å²) in [5.74, 6) is 0.0273. The van der Waals surface area contributed by atoms with Gasteiger partial charge in [0.05, 0.1) is 12.1 Å². The van der Waals surface area contributed by atoms with E-state index < -0.39 is 0 Å². The highest BCUT2D eigenvalue weighted by molar-refractivity contribution is 6.30. The molecule has 24 heavy (non-hydrogen) atoms.